The Labute approximate surface area is 103 Å². The molecule has 4 heteroatoms. The molecule has 3 nitrogen and oxygen atoms in total. The van der Waals surface area contributed by atoms with Crippen molar-refractivity contribution in [3.8, 4) is 0 Å². The highest BCUT2D eigenvalue weighted by Crippen LogP contribution is 2.20. The van der Waals surface area contributed by atoms with Crippen molar-refractivity contribution >= 4 is 21.9 Å². The molecule has 1 atom stereocenters. The number of halogens is 1. The standard InChI is InChI=1S/C12H12BrN3/c1-9(10-4-2-5-11(13)8-10)16-12-14-6-3-7-15-12/h2-9H,1H3,(H,14,15,16). The molecule has 0 fully saturated rings. The van der Waals surface area contributed by atoms with Crippen LogP contribution in [0.25, 0.3) is 0 Å². The van der Waals surface area contributed by atoms with Crippen molar-refractivity contribution < 1.29 is 0 Å². The van der Waals surface area contributed by atoms with Crippen LogP contribution in [0.4, 0.5) is 5.95 Å². The van der Waals surface area contributed by atoms with Crippen molar-refractivity contribution in [2.24, 2.45) is 0 Å². The highest BCUT2D eigenvalue weighted by Gasteiger charge is 2.06. The molecule has 1 heterocycles. The summed E-state index contributed by atoms with van der Waals surface area (Å²) in [6.07, 6.45) is 3.45. The van der Waals surface area contributed by atoms with Crippen LogP contribution in [0, 0.1) is 0 Å². The predicted octanol–water partition coefficient (Wildman–Crippen LogP) is 3.41. The monoisotopic (exact) mass is 277 g/mol. The first kappa shape index (κ1) is 11.1. The zero-order valence-corrected chi connectivity index (χ0v) is 10.5. The summed E-state index contributed by atoms with van der Waals surface area (Å²) in [6, 6.07) is 10.2. The minimum absolute atomic E-state index is 0.180. The molecule has 0 saturated heterocycles. The minimum atomic E-state index is 0.180. The summed E-state index contributed by atoms with van der Waals surface area (Å²) in [5.74, 6) is 0.648. The van der Waals surface area contributed by atoms with Gasteiger partial charge in [0, 0.05) is 16.9 Å². The maximum Gasteiger partial charge on any atom is 0.223 e. The molecule has 16 heavy (non-hydrogen) atoms. The predicted molar refractivity (Wildman–Crippen MR) is 68.2 cm³/mol. The fourth-order valence-corrected chi connectivity index (χ4v) is 1.84. The van der Waals surface area contributed by atoms with Gasteiger partial charge in [-0.2, -0.15) is 0 Å². The first-order valence-corrected chi connectivity index (χ1v) is 5.84. The van der Waals surface area contributed by atoms with Crippen LogP contribution in [-0.4, -0.2) is 9.97 Å². The van der Waals surface area contributed by atoms with E-state index in [1.54, 1.807) is 18.5 Å². The molecule has 0 radical (unpaired) electrons. The lowest BCUT2D eigenvalue weighted by Crippen LogP contribution is -2.08. The fourth-order valence-electron chi connectivity index (χ4n) is 1.43. The van der Waals surface area contributed by atoms with Crippen LogP contribution in [0.15, 0.2) is 47.2 Å². The largest absolute Gasteiger partial charge is 0.348 e. The van der Waals surface area contributed by atoms with Gasteiger partial charge in [-0.1, -0.05) is 28.1 Å². The van der Waals surface area contributed by atoms with Crippen molar-refractivity contribution in [2.45, 2.75) is 13.0 Å². The molecule has 0 saturated carbocycles. The molecule has 82 valence electrons. The summed E-state index contributed by atoms with van der Waals surface area (Å²) in [4.78, 5) is 8.27. The molecule has 1 unspecified atom stereocenters. The molecular formula is C12H12BrN3. The molecule has 0 aliphatic heterocycles. The number of hydrogen-bond acceptors (Lipinski definition) is 3. The fraction of sp³-hybridized carbons (Fsp3) is 0.167. The summed E-state index contributed by atoms with van der Waals surface area (Å²) in [6.45, 7) is 2.08. The van der Waals surface area contributed by atoms with Crippen LogP contribution >= 0.6 is 15.9 Å². The number of aromatic nitrogens is 2. The summed E-state index contributed by atoms with van der Waals surface area (Å²) in [5.41, 5.74) is 1.20. The lowest BCUT2D eigenvalue weighted by atomic mass is 10.1. The maximum absolute atomic E-state index is 4.13. The van der Waals surface area contributed by atoms with Crippen LogP contribution in [0.2, 0.25) is 0 Å². The Balaban J connectivity index is 2.12. The first-order valence-electron chi connectivity index (χ1n) is 5.05. The van der Waals surface area contributed by atoms with E-state index in [1.807, 2.05) is 12.1 Å². The topological polar surface area (TPSA) is 37.8 Å². The van der Waals surface area contributed by atoms with Crippen LogP contribution < -0.4 is 5.32 Å². The van der Waals surface area contributed by atoms with E-state index in [0.29, 0.717) is 5.95 Å². The van der Waals surface area contributed by atoms with E-state index in [0.717, 1.165) is 4.47 Å². The maximum atomic E-state index is 4.13. The molecule has 1 aromatic carbocycles. The molecule has 0 aliphatic rings. The molecule has 2 rings (SSSR count). The first-order chi connectivity index (χ1) is 7.75. The van der Waals surface area contributed by atoms with Gasteiger partial charge in [0.15, 0.2) is 0 Å². The van der Waals surface area contributed by atoms with Gasteiger partial charge in [0.1, 0.15) is 0 Å². The molecule has 0 aliphatic carbocycles. The zero-order chi connectivity index (χ0) is 11.4. The van der Waals surface area contributed by atoms with Gasteiger partial charge in [-0.05, 0) is 30.7 Å². The molecule has 0 bridgehead atoms. The second-order valence-corrected chi connectivity index (χ2v) is 4.41. The minimum Gasteiger partial charge on any atom is -0.348 e. The number of anilines is 1. The Morgan fingerprint density at radius 3 is 2.62 bits per heavy atom. The number of rotatable bonds is 3. The lowest BCUT2D eigenvalue weighted by Gasteiger charge is -2.14. The van der Waals surface area contributed by atoms with Crippen LogP contribution in [-0.2, 0) is 0 Å². The van der Waals surface area contributed by atoms with Gasteiger partial charge >= 0.3 is 0 Å². The van der Waals surface area contributed by atoms with E-state index in [4.69, 9.17) is 0 Å². The van der Waals surface area contributed by atoms with Gasteiger partial charge in [-0.3, -0.25) is 0 Å². The Kier molecular flexibility index (Phi) is 3.51. The molecule has 1 aromatic heterocycles. The normalized spacial score (nSPS) is 12.1. The molecule has 1 N–H and O–H groups in total. The van der Waals surface area contributed by atoms with E-state index in [2.05, 4.69) is 50.3 Å². The second kappa shape index (κ2) is 5.07. The van der Waals surface area contributed by atoms with Crippen LogP contribution in [0.1, 0.15) is 18.5 Å². The SMILES string of the molecule is CC(Nc1ncccn1)c1cccc(Br)c1. The van der Waals surface area contributed by atoms with E-state index < -0.39 is 0 Å². The van der Waals surface area contributed by atoms with Gasteiger partial charge < -0.3 is 5.32 Å². The number of nitrogens with one attached hydrogen (secondary N) is 1. The Morgan fingerprint density at radius 2 is 1.94 bits per heavy atom. The van der Waals surface area contributed by atoms with E-state index in [-0.39, 0.29) is 6.04 Å². The summed E-state index contributed by atoms with van der Waals surface area (Å²) >= 11 is 3.46. The van der Waals surface area contributed by atoms with Gasteiger partial charge in [0.25, 0.3) is 0 Å². The number of benzene rings is 1. The number of hydrogen-bond donors (Lipinski definition) is 1. The zero-order valence-electron chi connectivity index (χ0n) is 8.89. The van der Waals surface area contributed by atoms with Gasteiger partial charge in [-0.25, -0.2) is 9.97 Å². The average Bonchev–Trinajstić information content (AvgIpc) is 2.30. The third-order valence-corrected chi connectivity index (χ3v) is 2.75. The van der Waals surface area contributed by atoms with Gasteiger partial charge in [0.2, 0.25) is 5.95 Å². The smallest absolute Gasteiger partial charge is 0.223 e. The highest BCUT2D eigenvalue weighted by molar-refractivity contribution is 9.10. The second-order valence-electron chi connectivity index (χ2n) is 3.49. The molecular weight excluding hydrogens is 266 g/mol. The van der Waals surface area contributed by atoms with E-state index in [1.165, 1.54) is 5.56 Å². The summed E-state index contributed by atoms with van der Waals surface area (Å²) < 4.78 is 1.08. The van der Waals surface area contributed by atoms with Crippen LogP contribution in [0.5, 0.6) is 0 Å². The lowest BCUT2D eigenvalue weighted by molar-refractivity contribution is 0.859. The van der Waals surface area contributed by atoms with Crippen LogP contribution in [0.3, 0.4) is 0 Å². The van der Waals surface area contributed by atoms with Crippen molar-refractivity contribution in [1.29, 1.82) is 0 Å². The summed E-state index contributed by atoms with van der Waals surface area (Å²) in [5, 5.41) is 3.24. The Morgan fingerprint density at radius 1 is 1.19 bits per heavy atom. The van der Waals surface area contributed by atoms with Crippen molar-refractivity contribution in [2.75, 3.05) is 5.32 Å². The summed E-state index contributed by atoms with van der Waals surface area (Å²) in [7, 11) is 0. The number of nitrogens with zero attached hydrogens (tertiary/aromatic N) is 2. The Hall–Kier alpha value is -1.42. The van der Waals surface area contributed by atoms with E-state index >= 15 is 0 Å². The third-order valence-electron chi connectivity index (χ3n) is 2.26. The van der Waals surface area contributed by atoms with E-state index in [9.17, 15) is 0 Å². The Bertz CT molecular complexity index is 459. The van der Waals surface area contributed by atoms with Crippen molar-refractivity contribution in [3.63, 3.8) is 0 Å². The molecule has 0 amide bonds. The van der Waals surface area contributed by atoms with Crippen molar-refractivity contribution in [3.05, 3.63) is 52.8 Å². The molecule has 0 spiro atoms. The molecule has 2 aromatic rings. The third kappa shape index (κ3) is 2.79. The van der Waals surface area contributed by atoms with Crippen molar-refractivity contribution in [1.82, 2.24) is 9.97 Å². The highest BCUT2D eigenvalue weighted by atomic mass is 79.9. The van der Waals surface area contributed by atoms with Gasteiger partial charge in [0.05, 0.1) is 6.04 Å². The quantitative estimate of drug-likeness (QED) is 0.934. The average molecular weight is 278 g/mol. The van der Waals surface area contributed by atoms with Gasteiger partial charge in [-0.15, -0.1) is 0 Å².